The van der Waals surface area contributed by atoms with E-state index < -0.39 is 0 Å². The number of amides is 1. The Kier molecular flexibility index (Phi) is 5.14. The number of aryl methyl sites for hydroxylation is 2. The first-order valence-corrected chi connectivity index (χ1v) is 10.9. The van der Waals surface area contributed by atoms with Crippen LogP contribution in [0.25, 0.3) is 5.69 Å². The number of nitrogens with one attached hydrogen (secondary N) is 1. The van der Waals surface area contributed by atoms with Gasteiger partial charge in [-0.05, 0) is 74.4 Å². The molecule has 1 atom stereocenters. The highest BCUT2D eigenvalue weighted by atomic mass is 16.7. The second-order valence-corrected chi connectivity index (χ2v) is 8.38. The van der Waals surface area contributed by atoms with Gasteiger partial charge >= 0.3 is 0 Å². The molecule has 2 aliphatic rings. The smallest absolute Gasteiger partial charge is 0.231 e. The van der Waals surface area contributed by atoms with Gasteiger partial charge in [0.05, 0.1) is 17.9 Å². The van der Waals surface area contributed by atoms with Crippen molar-refractivity contribution < 1.29 is 14.3 Å². The average molecular weight is 418 g/mol. The lowest BCUT2D eigenvalue weighted by atomic mass is 9.92. The Bertz CT molecular complexity index is 1140. The molecule has 0 saturated heterocycles. The molecule has 0 saturated carbocycles. The Hall–Kier alpha value is -3.28. The summed E-state index contributed by atoms with van der Waals surface area (Å²) in [6.07, 6.45) is 6.00. The van der Waals surface area contributed by atoms with E-state index in [0.29, 0.717) is 12.8 Å². The maximum atomic E-state index is 12.7. The van der Waals surface area contributed by atoms with Crippen LogP contribution in [0.1, 0.15) is 53.3 Å². The first-order valence-electron chi connectivity index (χ1n) is 10.9. The molecule has 1 aliphatic carbocycles. The Morgan fingerprint density at radius 3 is 2.97 bits per heavy atom. The number of nitrogens with zero attached hydrogens (tertiary/aromatic N) is 2. The molecular weight excluding hydrogens is 390 g/mol. The third-order valence-electron chi connectivity index (χ3n) is 6.40. The number of carbonyl (C=O) groups excluding carboxylic acids is 1. The highest BCUT2D eigenvalue weighted by molar-refractivity contribution is 5.77. The molecule has 3 aromatic rings. The lowest BCUT2D eigenvalue weighted by Crippen LogP contribution is -2.31. The Morgan fingerprint density at radius 1 is 1.19 bits per heavy atom. The van der Waals surface area contributed by atoms with Gasteiger partial charge in [0.1, 0.15) is 0 Å². The van der Waals surface area contributed by atoms with Crippen molar-refractivity contribution in [3.63, 3.8) is 0 Å². The van der Waals surface area contributed by atoms with Crippen LogP contribution >= 0.6 is 0 Å². The van der Waals surface area contributed by atoms with Gasteiger partial charge < -0.3 is 14.8 Å². The summed E-state index contributed by atoms with van der Waals surface area (Å²) in [4.78, 5) is 12.7. The summed E-state index contributed by atoms with van der Waals surface area (Å²) in [5.74, 6) is 1.59. The number of hydrogen-bond acceptors (Lipinski definition) is 4. The fraction of sp³-hybridized carbons (Fsp3) is 0.360. The molecule has 1 unspecified atom stereocenters. The Balaban J connectivity index is 1.28. The van der Waals surface area contributed by atoms with Crippen LogP contribution in [0.3, 0.4) is 0 Å². The van der Waals surface area contributed by atoms with Gasteiger partial charge in [-0.3, -0.25) is 4.79 Å². The maximum Gasteiger partial charge on any atom is 0.231 e. The number of fused-ring (bicyclic) bond motifs is 2. The summed E-state index contributed by atoms with van der Waals surface area (Å²) in [6, 6.07) is 12.2. The normalized spacial score (nSPS) is 16.8. The molecule has 6 nitrogen and oxygen atoms in total. The molecule has 5 rings (SSSR count). The van der Waals surface area contributed by atoms with E-state index in [-0.39, 0.29) is 18.7 Å². The molecule has 1 N–H and O–H groups in total. The van der Waals surface area contributed by atoms with E-state index in [2.05, 4.69) is 42.0 Å². The standard InChI is InChI=1S/C25H27N3O3/c1-16-5-3-7-21(17(16)2)28-22-8-4-6-20(19(22)14-26-28)27-25(29)12-10-18-9-11-23-24(13-18)31-15-30-23/h3,5,7,9,11,13-14,20H,4,6,8,10,12,15H2,1-2H3,(H,27,29). The molecule has 0 fully saturated rings. The zero-order valence-electron chi connectivity index (χ0n) is 18.0. The van der Waals surface area contributed by atoms with E-state index in [0.717, 1.165) is 47.6 Å². The van der Waals surface area contributed by atoms with Crippen LogP contribution in [0.2, 0.25) is 0 Å². The van der Waals surface area contributed by atoms with Crippen LogP contribution in [0.15, 0.2) is 42.6 Å². The summed E-state index contributed by atoms with van der Waals surface area (Å²) in [5.41, 5.74) is 7.04. The van der Waals surface area contributed by atoms with E-state index in [4.69, 9.17) is 14.6 Å². The summed E-state index contributed by atoms with van der Waals surface area (Å²) in [5, 5.41) is 7.93. The molecule has 1 aromatic heterocycles. The second kappa shape index (κ2) is 8.10. The zero-order chi connectivity index (χ0) is 21.4. The van der Waals surface area contributed by atoms with E-state index in [9.17, 15) is 4.79 Å². The molecule has 160 valence electrons. The summed E-state index contributed by atoms with van der Waals surface area (Å²) < 4.78 is 12.8. The van der Waals surface area contributed by atoms with Gasteiger partial charge in [0.25, 0.3) is 0 Å². The van der Waals surface area contributed by atoms with E-state index in [1.807, 2.05) is 24.4 Å². The first kappa shape index (κ1) is 19.7. The minimum Gasteiger partial charge on any atom is -0.454 e. The topological polar surface area (TPSA) is 65.4 Å². The molecule has 6 heteroatoms. The lowest BCUT2D eigenvalue weighted by Gasteiger charge is -2.24. The van der Waals surface area contributed by atoms with Gasteiger partial charge in [-0.1, -0.05) is 18.2 Å². The molecule has 1 aliphatic heterocycles. The van der Waals surface area contributed by atoms with Crippen LogP contribution in [-0.4, -0.2) is 22.5 Å². The predicted molar refractivity (Wildman–Crippen MR) is 118 cm³/mol. The molecule has 0 bridgehead atoms. The second-order valence-electron chi connectivity index (χ2n) is 8.38. The van der Waals surface area contributed by atoms with Crippen molar-refractivity contribution >= 4 is 5.91 Å². The third-order valence-corrected chi connectivity index (χ3v) is 6.40. The zero-order valence-corrected chi connectivity index (χ0v) is 18.0. The minimum atomic E-state index is 0.0202. The van der Waals surface area contributed by atoms with Crippen LogP contribution in [0.5, 0.6) is 11.5 Å². The number of benzene rings is 2. The average Bonchev–Trinajstić information content (AvgIpc) is 3.41. The number of hydrogen-bond donors (Lipinski definition) is 1. The lowest BCUT2D eigenvalue weighted by molar-refractivity contribution is -0.121. The molecule has 2 aromatic carbocycles. The summed E-state index contributed by atoms with van der Waals surface area (Å²) >= 11 is 0. The largest absolute Gasteiger partial charge is 0.454 e. The monoisotopic (exact) mass is 417 g/mol. The molecule has 0 spiro atoms. The van der Waals surface area contributed by atoms with Gasteiger partial charge in [0.15, 0.2) is 11.5 Å². The quantitative estimate of drug-likeness (QED) is 0.671. The first-order chi connectivity index (χ1) is 15.1. The van der Waals surface area contributed by atoms with Gasteiger partial charge in [0, 0.05) is 17.7 Å². The van der Waals surface area contributed by atoms with E-state index in [1.165, 1.54) is 16.8 Å². The van der Waals surface area contributed by atoms with Crippen LogP contribution in [0.4, 0.5) is 0 Å². The van der Waals surface area contributed by atoms with Gasteiger partial charge in [-0.25, -0.2) is 4.68 Å². The van der Waals surface area contributed by atoms with Crippen molar-refractivity contribution in [3.05, 3.63) is 70.5 Å². The highest BCUT2D eigenvalue weighted by Crippen LogP contribution is 2.34. The van der Waals surface area contributed by atoms with Crippen LogP contribution in [-0.2, 0) is 17.6 Å². The van der Waals surface area contributed by atoms with E-state index in [1.54, 1.807) is 0 Å². The number of rotatable bonds is 5. The van der Waals surface area contributed by atoms with Crippen molar-refractivity contribution in [1.29, 1.82) is 0 Å². The van der Waals surface area contributed by atoms with Gasteiger partial charge in [-0.15, -0.1) is 0 Å². The number of ether oxygens (including phenoxy) is 2. The molecule has 0 radical (unpaired) electrons. The maximum absolute atomic E-state index is 12.7. The fourth-order valence-corrected chi connectivity index (χ4v) is 4.50. The van der Waals surface area contributed by atoms with Crippen molar-refractivity contribution in [2.24, 2.45) is 0 Å². The molecular formula is C25H27N3O3. The van der Waals surface area contributed by atoms with Crippen LogP contribution in [0, 0.1) is 13.8 Å². The van der Waals surface area contributed by atoms with Crippen molar-refractivity contribution in [1.82, 2.24) is 15.1 Å². The van der Waals surface area contributed by atoms with Gasteiger partial charge in [0.2, 0.25) is 12.7 Å². The van der Waals surface area contributed by atoms with Crippen molar-refractivity contribution in [2.45, 2.75) is 52.0 Å². The molecule has 31 heavy (non-hydrogen) atoms. The summed E-state index contributed by atoms with van der Waals surface area (Å²) in [6.45, 7) is 4.52. The molecule has 1 amide bonds. The SMILES string of the molecule is Cc1cccc(-n2ncc3c2CCCC3NC(=O)CCc2ccc3c(c2)OCO3)c1C. The Labute approximate surface area is 182 Å². The number of carbonyl (C=O) groups is 1. The van der Waals surface area contributed by atoms with Crippen molar-refractivity contribution in [3.8, 4) is 17.2 Å². The highest BCUT2D eigenvalue weighted by Gasteiger charge is 2.26. The van der Waals surface area contributed by atoms with Crippen LogP contribution < -0.4 is 14.8 Å². The predicted octanol–water partition coefficient (Wildman–Crippen LogP) is 4.34. The number of aromatic nitrogens is 2. The fourth-order valence-electron chi connectivity index (χ4n) is 4.50. The van der Waals surface area contributed by atoms with Crippen molar-refractivity contribution in [2.75, 3.05) is 6.79 Å². The third kappa shape index (κ3) is 3.78. The van der Waals surface area contributed by atoms with Gasteiger partial charge in [-0.2, -0.15) is 5.10 Å². The summed E-state index contributed by atoms with van der Waals surface area (Å²) in [7, 11) is 0. The molecule has 2 heterocycles. The Morgan fingerprint density at radius 2 is 2.06 bits per heavy atom. The minimum absolute atomic E-state index is 0.0202. The van der Waals surface area contributed by atoms with E-state index >= 15 is 0 Å².